The van der Waals surface area contributed by atoms with Gasteiger partial charge >= 0.3 is 0 Å². The minimum atomic E-state index is -1.07. The highest BCUT2D eigenvalue weighted by atomic mass is 19.2. The molecule has 0 saturated carbocycles. The Labute approximate surface area is 135 Å². The molecule has 1 N–H and O–H groups in total. The second-order valence-corrected chi connectivity index (χ2v) is 5.50. The van der Waals surface area contributed by atoms with Crippen LogP contribution in [0.15, 0.2) is 42.5 Å². The fraction of sp³-hybridized carbons (Fsp3) is 0.176. The highest BCUT2D eigenvalue weighted by molar-refractivity contribution is 6.03. The molecule has 1 heterocycles. The van der Waals surface area contributed by atoms with Crippen LogP contribution in [0.5, 0.6) is 0 Å². The molecule has 3 rings (SSSR count). The first-order valence-corrected chi connectivity index (χ1v) is 7.26. The van der Waals surface area contributed by atoms with Gasteiger partial charge < -0.3 is 10.2 Å². The van der Waals surface area contributed by atoms with Gasteiger partial charge in [0.25, 0.3) is 0 Å². The Morgan fingerprint density at radius 1 is 1.04 bits per heavy atom. The van der Waals surface area contributed by atoms with Crippen molar-refractivity contribution < 1.29 is 22.8 Å². The van der Waals surface area contributed by atoms with E-state index in [0.29, 0.717) is 5.69 Å². The summed E-state index contributed by atoms with van der Waals surface area (Å²) in [6.45, 7) is 0.139. The molecule has 7 heteroatoms. The summed E-state index contributed by atoms with van der Waals surface area (Å²) >= 11 is 0. The largest absolute Gasteiger partial charge is 0.326 e. The molecule has 2 amide bonds. The molecule has 1 aliphatic rings. The maximum Gasteiger partial charge on any atom is 0.229 e. The van der Waals surface area contributed by atoms with Crippen molar-refractivity contribution in [3.05, 3.63) is 59.9 Å². The summed E-state index contributed by atoms with van der Waals surface area (Å²) in [4.78, 5) is 25.7. The number of nitrogens with zero attached hydrogens (tertiary/aromatic N) is 1. The lowest BCUT2D eigenvalue weighted by atomic mass is 10.1. The average Bonchev–Trinajstić information content (AvgIpc) is 2.94. The molecule has 1 aliphatic heterocycles. The van der Waals surface area contributed by atoms with Crippen LogP contribution in [0.1, 0.15) is 6.42 Å². The van der Waals surface area contributed by atoms with Crippen molar-refractivity contribution in [3.8, 4) is 0 Å². The van der Waals surface area contributed by atoms with Gasteiger partial charge in [0.2, 0.25) is 11.8 Å². The number of amides is 2. The first-order valence-electron chi connectivity index (χ1n) is 7.26. The first kappa shape index (κ1) is 16.0. The Hall–Kier alpha value is -2.83. The Morgan fingerprint density at radius 3 is 2.42 bits per heavy atom. The van der Waals surface area contributed by atoms with E-state index in [1.807, 2.05) is 0 Å². The Bertz CT molecular complexity index is 793. The smallest absolute Gasteiger partial charge is 0.229 e. The van der Waals surface area contributed by atoms with Crippen molar-refractivity contribution in [2.45, 2.75) is 6.42 Å². The number of carbonyl (C=O) groups excluding carboxylic acids is 2. The highest BCUT2D eigenvalue weighted by Crippen LogP contribution is 2.26. The summed E-state index contributed by atoms with van der Waals surface area (Å²) in [5, 5.41) is 2.47. The monoisotopic (exact) mass is 334 g/mol. The van der Waals surface area contributed by atoms with Crippen LogP contribution in [0, 0.1) is 23.4 Å². The molecule has 2 aromatic carbocycles. The summed E-state index contributed by atoms with van der Waals surface area (Å²) < 4.78 is 39.0. The summed E-state index contributed by atoms with van der Waals surface area (Å²) in [6.07, 6.45) is -0.00706. The quantitative estimate of drug-likeness (QED) is 0.938. The third kappa shape index (κ3) is 3.24. The number of halogens is 3. The van der Waals surface area contributed by atoms with Crippen LogP contribution in [0.2, 0.25) is 0 Å². The molecule has 2 aromatic rings. The van der Waals surface area contributed by atoms with E-state index in [9.17, 15) is 22.8 Å². The maximum absolute atomic E-state index is 13.2. The van der Waals surface area contributed by atoms with Crippen molar-refractivity contribution in [1.82, 2.24) is 0 Å². The van der Waals surface area contributed by atoms with E-state index >= 15 is 0 Å². The summed E-state index contributed by atoms with van der Waals surface area (Å²) in [7, 11) is 0. The second-order valence-electron chi connectivity index (χ2n) is 5.50. The van der Waals surface area contributed by atoms with E-state index in [0.717, 1.165) is 12.1 Å². The minimum Gasteiger partial charge on any atom is -0.326 e. The molecule has 0 aliphatic carbocycles. The van der Waals surface area contributed by atoms with E-state index in [1.54, 1.807) is 0 Å². The summed E-state index contributed by atoms with van der Waals surface area (Å²) in [6, 6.07) is 8.42. The molecule has 0 spiro atoms. The van der Waals surface area contributed by atoms with Crippen LogP contribution in [-0.2, 0) is 9.59 Å². The third-order valence-electron chi connectivity index (χ3n) is 3.82. The standard InChI is InChI=1S/C17H13F3N2O2/c18-11-1-4-13(5-2-11)22-9-10(7-16(22)23)17(24)21-12-3-6-14(19)15(20)8-12/h1-6,8,10H,7,9H2,(H,21,24)/t10-/m1/s1. The molecule has 1 saturated heterocycles. The van der Waals surface area contributed by atoms with Gasteiger partial charge in [-0.15, -0.1) is 0 Å². The lowest BCUT2D eigenvalue weighted by Gasteiger charge is -2.16. The zero-order chi connectivity index (χ0) is 17.3. The van der Waals surface area contributed by atoms with Crippen LogP contribution < -0.4 is 10.2 Å². The van der Waals surface area contributed by atoms with Crippen LogP contribution in [0.4, 0.5) is 24.5 Å². The number of benzene rings is 2. The maximum atomic E-state index is 13.2. The molecule has 124 valence electrons. The fourth-order valence-electron chi connectivity index (χ4n) is 2.57. The van der Waals surface area contributed by atoms with Gasteiger partial charge in [-0.25, -0.2) is 13.2 Å². The van der Waals surface area contributed by atoms with Gasteiger partial charge in [-0.05, 0) is 36.4 Å². The van der Waals surface area contributed by atoms with Gasteiger partial charge in [-0.3, -0.25) is 9.59 Å². The van der Waals surface area contributed by atoms with E-state index in [2.05, 4.69) is 5.32 Å². The van der Waals surface area contributed by atoms with Crippen LogP contribution in [-0.4, -0.2) is 18.4 Å². The van der Waals surface area contributed by atoms with Crippen molar-refractivity contribution in [2.24, 2.45) is 5.92 Å². The normalized spacial score (nSPS) is 17.2. The molecule has 0 aromatic heterocycles. The van der Waals surface area contributed by atoms with Crippen molar-refractivity contribution in [1.29, 1.82) is 0 Å². The first-order chi connectivity index (χ1) is 11.4. The Balaban J connectivity index is 1.69. The average molecular weight is 334 g/mol. The molecular formula is C17H13F3N2O2. The number of hydrogen-bond acceptors (Lipinski definition) is 2. The number of rotatable bonds is 3. The zero-order valence-corrected chi connectivity index (χ0v) is 12.4. The molecule has 0 unspecified atom stereocenters. The zero-order valence-electron chi connectivity index (χ0n) is 12.4. The molecular weight excluding hydrogens is 321 g/mol. The molecule has 1 fully saturated rings. The van der Waals surface area contributed by atoms with Crippen molar-refractivity contribution in [3.63, 3.8) is 0 Å². The number of carbonyl (C=O) groups is 2. The van der Waals surface area contributed by atoms with E-state index in [1.165, 1.54) is 35.2 Å². The number of nitrogens with one attached hydrogen (secondary N) is 1. The minimum absolute atomic E-state index is 0.00706. The third-order valence-corrected chi connectivity index (χ3v) is 3.82. The molecule has 0 bridgehead atoms. The van der Waals surface area contributed by atoms with Gasteiger partial charge in [0.1, 0.15) is 5.82 Å². The van der Waals surface area contributed by atoms with E-state index in [4.69, 9.17) is 0 Å². The number of hydrogen-bond donors (Lipinski definition) is 1. The van der Waals surface area contributed by atoms with E-state index < -0.39 is 29.3 Å². The van der Waals surface area contributed by atoms with Crippen LogP contribution >= 0.6 is 0 Å². The predicted octanol–water partition coefficient (Wildman–Crippen LogP) is 3.10. The lowest BCUT2D eigenvalue weighted by molar-refractivity contribution is -0.122. The summed E-state index contributed by atoms with van der Waals surface area (Å²) in [5.41, 5.74) is 0.621. The predicted molar refractivity (Wildman–Crippen MR) is 81.8 cm³/mol. The molecule has 0 radical (unpaired) electrons. The summed E-state index contributed by atoms with van der Waals surface area (Å²) in [5.74, 6) is -3.84. The molecule has 1 atom stereocenters. The van der Waals surface area contributed by atoms with Crippen molar-refractivity contribution >= 4 is 23.2 Å². The Kier molecular flexibility index (Phi) is 4.24. The van der Waals surface area contributed by atoms with Gasteiger partial charge in [-0.2, -0.15) is 0 Å². The van der Waals surface area contributed by atoms with Gasteiger partial charge in [0, 0.05) is 30.4 Å². The SMILES string of the molecule is O=C(Nc1ccc(F)c(F)c1)[C@@H]1CC(=O)N(c2ccc(F)cc2)C1. The topological polar surface area (TPSA) is 49.4 Å². The van der Waals surface area contributed by atoms with Crippen LogP contribution in [0.3, 0.4) is 0 Å². The lowest BCUT2D eigenvalue weighted by Crippen LogP contribution is -2.28. The molecule has 4 nitrogen and oxygen atoms in total. The van der Waals surface area contributed by atoms with Gasteiger partial charge in [0.05, 0.1) is 5.92 Å². The van der Waals surface area contributed by atoms with Gasteiger partial charge in [0.15, 0.2) is 11.6 Å². The van der Waals surface area contributed by atoms with Crippen molar-refractivity contribution in [2.75, 3.05) is 16.8 Å². The van der Waals surface area contributed by atoms with Gasteiger partial charge in [-0.1, -0.05) is 0 Å². The van der Waals surface area contributed by atoms with E-state index in [-0.39, 0.29) is 24.6 Å². The highest BCUT2D eigenvalue weighted by Gasteiger charge is 2.35. The number of anilines is 2. The Morgan fingerprint density at radius 2 is 1.75 bits per heavy atom. The second kappa shape index (κ2) is 6.35. The molecule has 24 heavy (non-hydrogen) atoms. The van der Waals surface area contributed by atoms with Crippen LogP contribution in [0.25, 0.3) is 0 Å². The fourth-order valence-corrected chi connectivity index (χ4v) is 2.57.